The van der Waals surface area contributed by atoms with Crippen LogP contribution in [-0.2, 0) is 19.5 Å². The van der Waals surface area contributed by atoms with Crippen LogP contribution in [0, 0.1) is 0 Å². The van der Waals surface area contributed by atoms with Gasteiger partial charge in [-0.15, -0.1) is 0 Å². The Balaban J connectivity index is 0. The Labute approximate surface area is 129 Å². The summed E-state index contributed by atoms with van der Waals surface area (Å²) in [7, 11) is 0. The largest absolute Gasteiger partial charge is 0 e. The molecule has 0 spiro atoms. The standard InChI is InChI=1S/3Ca.Zn. The molecule has 0 saturated carbocycles. The zero-order valence-electron chi connectivity index (χ0n) is 2.83. The van der Waals surface area contributed by atoms with E-state index in [2.05, 4.69) is 0 Å². The van der Waals surface area contributed by atoms with Crippen LogP contribution < -0.4 is 0 Å². The predicted molar refractivity (Wildman–Crippen MR) is 17.3 cm³/mol. The van der Waals surface area contributed by atoms with Gasteiger partial charge in [-0.2, -0.15) is 0 Å². The Bertz CT molecular complexity index is 3.25. The summed E-state index contributed by atoms with van der Waals surface area (Å²) in [6, 6.07) is 0. The van der Waals surface area contributed by atoms with Crippen molar-refractivity contribution >= 4 is 113 Å². The summed E-state index contributed by atoms with van der Waals surface area (Å²) in [6.07, 6.45) is 0. The van der Waals surface area contributed by atoms with E-state index in [9.17, 15) is 0 Å². The normalized spacial score (nSPS) is 0. The maximum Gasteiger partial charge on any atom is 0 e. The molecule has 0 N–H and O–H groups in total. The predicted octanol–water partition coefficient (Wildman–Crippen LogP) is -1.14. The Morgan fingerprint density at radius 3 is 0.500 bits per heavy atom. The molecule has 0 bridgehead atoms. The molecule has 0 aromatic heterocycles. The molecule has 0 saturated heterocycles. The molecule has 0 fully saturated rings. The Morgan fingerprint density at radius 2 is 0.500 bits per heavy atom. The van der Waals surface area contributed by atoms with Gasteiger partial charge in [0.2, 0.25) is 0 Å². The number of hydrogen-bond donors (Lipinski definition) is 0. The van der Waals surface area contributed by atoms with Crippen molar-refractivity contribution in [2.24, 2.45) is 0 Å². The molecule has 4 heavy (non-hydrogen) atoms. The fraction of sp³-hybridized carbons (Fsp3) is 0. The summed E-state index contributed by atoms with van der Waals surface area (Å²) < 4.78 is 0. The fourth-order valence-corrected chi connectivity index (χ4v) is 0. The van der Waals surface area contributed by atoms with Gasteiger partial charge in [-0.05, 0) is 0 Å². The van der Waals surface area contributed by atoms with E-state index < -0.39 is 0 Å². The maximum atomic E-state index is 0. The van der Waals surface area contributed by atoms with Gasteiger partial charge >= 0.3 is 0 Å². The van der Waals surface area contributed by atoms with Gasteiger partial charge in [0.25, 0.3) is 0 Å². The Kier molecular flexibility index (Phi) is 93.0. The molecule has 0 aliphatic carbocycles. The molecule has 0 atom stereocenters. The zero-order chi connectivity index (χ0) is 0. The third-order valence-electron chi connectivity index (χ3n) is 0. The fourth-order valence-electron chi connectivity index (χ4n) is 0. The van der Waals surface area contributed by atoms with Crippen molar-refractivity contribution < 1.29 is 19.5 Å². The van der Waals surface area contributed by atoms with Crippen LogP contribution in [0.2, 0.25) is 0 Å². The van der Waals surface area contributed by atoms with Crippen molar-refractivity contribution in [3.63, 3.8) is 0 Å². The summed E-state index contributed by atoms with van der Waals surface area (Å²) in [6.45, 7) is 0. The third-order valence-corrected chi connectivity index (χ3v) is 0. The molecule has 0 aromatic rings. The van der Waals surface area contributed by atoms with E-state index in [1.807, 2.05) is 0 Å². The topological polar surface area (TPSA) is 0 Å². The van der Waals surface area contributed by atoms with Crippen molar-refractivity contribution in [3.8, 4) is 0 Å². The SMILES string of the molecule is [Ca].[Ca].[Ca].[Zn]. The first-order valence-corrected chi connectivity index (χ1v) is 0. The number of hydrogen-bond acceptors (Lipinski definition) is 0. The molecule has 0 rings (SSSR count). The second-order valence-electron chi connectivity index (χ2n) is 0. The third kappa shape index (κ3) is 9.64. The number of rotatable bonds is 0. The molecular formula is Ca3Zn. The van der Waals surface area contributed by atoms with Gasteiger partial charge in [-0.3, -0.25) is 0 Å². The maximum absolute atomic E-state index is 0. The van der Waals surface area contributed by atoms with Crippen LogP contribution in [0.15, 0.2) is 0 Å². The minimum Gasteiger partial charge on any atom is 0 e. The smallest absolute Gasteiger partial charge is 0 e. The monoisotopic (exact) mass is 184 g/mol. The molecule has 8 valence electrons. The van der Waals surface area contributed by atoms with E-state index in [1.54, 1.807) is 0 Å². The minimum atomic E-state index is 0. The first-order chi connectivity index (χ1) is 0. The van der Waals surface area contributed by atoms with E-state index in [0.29, 0.717) is 0 Å². The van der Waals surface area contributed by atoms with E-state index >= 15 is 0 Å². The van der Waals surface area contributed by atoms with Gasteiger partial charge < -0.3 is 0 Å². The Morgan fingerprint density at radius 1 is 0.500 bits per heavy atom. The molecule has 0 unspecified atom stereocenters. The molecule has 4 heteroatoms. The van der Waals surface area contributed by atoms with Crippen molar-refractivity contribution in [2.45, 2.75) is 0 Å². The molecule has 0 aromatic carbocycles. The van der Waals surface area contributed by atoms with E-state index in [4.69, 9.17) is 0 Å². The van der Waals surface area contributed by atoms with E-state index in [0.717, 1.165) is 0 Å². The van der Waals surface area contributed by atoms with Crippen LogP contribution in [0.4, 0.5) is 0 Å². The van der Waals surface area contributed by atoms with E-state index in [-0.39, 0.29) is 133 Å². The van der Waals surface area contributed by atoms with Gasteiger partial charge in [0.15, 0.2) is 0 Å². The summed E-state index contributed by atoms with van der Waals surface area (Å²) in [5, 5.41) is 0. The minimum absolute atomic E-state index is 0. The Hall–Kier alpha value is 4.40. The molecule has 0 aliphatic rings. The molecule has 6 radical (unpaired) electrons. The molecule has 0 heterocycles. The van der Waals surface area contributed by atoms with Gasteiger partial charge in [-0.25, -0.2) is 0 Å². The van der Waals surface area contributed by atoms with Crippen LogP contribution in [0.1, 0.15) is 0 Å². The molecule has 0 amide bonds. The van der Waals surface area contributed by atoms with Crippen molar-refractivity contribution in [1.29, 1.82) is 0 Å². The van der Waals surface area contributed by atoms with Crippen molar-refractivity contribution in [2.75, 3.05) is 0 Å². The van der Waals surface area contributed by atoms with Gasteiger partial charge in [0.05, 0.1) is 0 Å². The van der Waals surface area contributed by atoms with Crippen LogP contribution in [0.25, 0.3) is 0 Å². The van der Waals surface area contributed by atoms with Crippen molar-refractivity contribution in [3.05, 3.63) is 0 Å². The van der Waals surface area contributed by atoms with Gasteiger partial charge in [-0.1, -0.05) is 0 Å². The summed E-state index contributed by atoms with van der Waals surface area (Å²) in [4.78, 5) is 0. The van der Waals surface area contributed by atoms with Crippen LogP contribution in [-0.4, -0.2) is 113 Å². The average molecular weight is 186 g/mol. The van der Waals surface area contributed by atoms with Gasteiger partial charge in [0.1, 0.15) is 0 Å². The zero-order valence-corrected chi connectivity index (χ0v) is 12.4. The second kappa shape index (κ2) is 15.7. The quantitative estimate of drug-likeness (QED) is 0.419. The molecule has 0 aliphatic heterocycles. The summed E-state index contributed by atoms with van der Waals surface area (Å²) >= 11 is 0. The van der Waals surface area contributed by atoms with Crippen LogP contribution >= 0.6 is 0 Å². The first-order valence-electron chi connectivity index (χ1n) is 0. The summed E-state index contributed by atoms with van der Waals surface area (Å²) in [5.41, 5.74) is 0. The molecule has 0 nitrogen and oxygen atoms in total. The van der Waals surface area contributed by atoms with Crippen molar-refractivity contribution in [1.82, 2.24) is 0 Å². The van der Waals surface area contributed by atoms with Crippen LogP contribution in [0.3, 0.4) is 0 Å². The second-order valence-corrected chi connectivity index (χ2v) is 0. The summed E-state index contributed by atoms with van der Waals surface area (Å²) in [5.74, 6) is 0. The average Bonchev–Trinajstić information content (AvgIpc) is 0. The van der Waals surface area contributed by atoms with E-state index in [1.165, 1.54) is 0 Å². The molecular weight excluding hydrogens is 186 g/mol. The first kappa shape index (κ1) is 23.8. The van der Waals surface area contributed by atoms with Gasteiger partial charge in [0, 0.05) is 133 Å². The van der Waals surface area contributed by atoms with Crippen LogP contribution in [0.5, 0.6) is 0 Å².